The molecule has 0 spiro atoms. The van der Waals surface area contributed by atoms with Crippen LogP contribution in [-0.4, -0.2) is 20.9 Å². The highest BCUT2D eigenvalue weighted by molar-refractivity contribution is 9.10. The van der Waals surface area contributed by atoms with E-state index < -0.39 is 17.4 Å². The van der Waals surface area contributed by atoms with E-state index in [1.807, 2.05) is 18.3 Å². The largest absolute Gasteiger partial charge is 0.418 e. The van der Waals surface area contributed by atoms with Crippen LogP contribution in [0, 0.1) is 11.8 Å². The minimum Gasteiger partial charge on any atom is -0.267 e. The molecule has 1 aliphatic carbocycles. The number of hydrogen-bond donors (Lipinski definition) is 0. The van der Waals surface area contributed by atoms with Crippen molar-refractivity contribution in [3.63, 3.8) is 0 Å². The van der Waals surface area contributed by atoms with Crippen LogP contribution in [0.15, 0.2) is 62.2 Å². The zero-order valence-electron chi connectivity index (χ0n) is 17.9. The van der Waals surface area contributed by atoms with Gasteiger partial charge in [0.25, 0.3) is 0 Å². The Morgan fingerprint density at radius 3 is 2.67 bits per heavy atom. The van der Waals surface area contributed by atoms with Crippen molar-refractivity contribution in [2.75, 3.05) is 0 Å². The molecule has 5 nitrogen and oxygen atoms in total. The molecule has 2 aliphatic rings. The molecule has 2 unspecified atom stereocenters. The summed E-state index contributed by atoms with van der Waals surface area (Å²) in [7, 11) is 0. The number of halogens is 4. The number of benzene rings is 1. The molecule has 0 N–H and O–H groups in total. The molecule has 172 valence electrons. The van der Waals surface area contributed by atoms with Gasteiger partial charge in [-0.05, 0) is 61.1 Å². The summed E-state index contributed by atoms with van der Waals surface area (Å²) in [6, 6.07) is 7.89. The van der Waals surface area contributed by atoms with E-state index in [1.54, 1.807) is 6.07 Å². The van der Waals surface area contributed by atoms with Crippen molar-refractivity contribution in [3.8, 4) is 5.69 Å². The number of alkyl halides is 3. The first-order valence-electron chi connectivity index (χ1n) is 10.9. The standard InChI is InChI=1S/C24H22BrF3N4O/c1-14-7-8-29-30-22(14)21(15-4-2-5-15)16-10-17(25)12-18(11-16)32-13-20-19(24(26,27)28)6-3-9-31(20)23(32)33/h3,6,8-15,21H,2,4-5,7H2,1H3. The third-order valence-electron chi connectivity index (χ3n) is 6.70. The van der Waals surface area contributed by atoms with E-state index in [1.165, 1.54) is 23.0 Å². The molecule has 1 saturated carbocycles. The van der Waals surface area contributed by atoms with Crippen LogP contribution < -0.4 is 5.69 Å². The molecule has 33 heavy (non-hydrogen) atoms. The Hall–Kier alpha value is -2.68. The molecule has 2 atom stereocenters. The Labute approximate surface area is 196 Å². The maximum atomic E-state index is 13.5. The highest BCUT2D eigenvalue weighted by Gasteiger charge is 2.36. The second-order valence-electron chi connectivity index (χ2n) is 8.83. The third kappa shape index (κ3) is 3.96. The van der Waals surface area contributed by atoms with Crippen molar-refractivity contribution < 1.29 is 13.2 Å². The lowest BCUT2D eigenvalue weighted by molar-refractivity contribution is -0.136. The molecule has 1 aliphatic heterocycles. The Kier molecular flexibility index (Phi) is 5.55. The van der Waals surface area contributed by atoms with Gasteiger partial charge in [-0.3, -0.25) is 8.97 Å². The van der Waals surface area contributed by atoms with Gasteiger partial charge >= 0.3 is 11.9 Å². The second kappa shape index (κ2) is 8.27. The zero-order chi connectivity index (χ0) is 23.3. The van der Waals surface area contributed by atoms with Gasteiger partial charge in [-0.1, -0.05) is 29.3 Å². The summed E-state index contributed by atoms with van der Waals surface area (Å²) in [5.74, 6) is 0.744. The van der Waals surface area contributed by atoms with Gasteiger partial charge < -0.3 is 0 Å². The molecule has 1 fully saturated rings. The predicted octanol–water partition coefficient (Wildman–Crippen LogP) is 6.22. The van der Waals surface area contributed by atoms with Gasteiger partial charge in [0.15, 0.2) is 0 Å². The summed E-state index contributed by atoms with van der Waals surface area (Å²) in [5.41, 5.74) is 0.967. The number of rotatable bonds is 4. The van der Waals surface area contributed by atoms with Gasteiger partial charge in [0, 0.05) is 34.9 Å². The molecule has 3 heterocycles. The molecular formula is C24H22BrF3N4O. The van der Waals surface area contributed by atoms with Crippen molar-refractivity contribution >= 4 is 33.4 Å². The van der Waals surface area contributed by atoms with E-state index in [2.05, 4.69) is 33.1 Å². The molecular weight excluding hydrogens is 497 g/mol. The van der Waals surface area contributed by atoms with Gasteiger partial charge in [0.2, 0.25) is 0 Å². The van der Waals surface area contributed by atoms with Crippen LogP contribution in [-0.2, 0) is 6.18 Å². The third-order valence-corrected chi connectivity index (χ3v) is 7.16. The van der Waals surface area contributed by atoms with E-state index in [0.717, 1.165) is 51.9 Å². The van der Waals surface area contributed by atoms with Gasteiger partial charge in [0.1, 0.15) is 0 Å². The first kappa shape index (κ1) is 22.1. The predicted molar refractivity (Wildman–Crippen MR) is 125 cm³/mol. The van der Waals surface area contributed by atoms with Crippen molar-refractivity contribution in [3.05, 3.63) is 68.8 Å². The van der Waals surface area contributed by atoms with Crippen LogP contribution in [0.4, 0.5) is 13.2 Å². The summed E-state index contributed by atoms with van der Waals surface area (Å²) in [6.07, 6.45) is 4.06. The Morgan fingerprint density at radius 2 is 2.00 bits per heavy atom. The number of nitrogens with zero attached hydrogens (tertiary/aromatic N) is 4. The highest BCUT2D eigenvalue weighted by atomic mass is 79.9. The number of pyridine rings is 1. The van der Waals surface area contributed by atoms with Crippen LogP contribution in [0.3, 0.4) is 0 Å². The monoisotopic (exact) mass is 518 g/mol. The van der Waals surface area contributed by atoms with Crippen LogP contribution in [0.2, 0.25) is 0 Å². The second-order valence-corrected chi connectivity index (χ2v) is 9.74. The highest BCUT2D eigenvalue weighted by Crippen LogP contribution is 2.43. The fourth-order valence-electron chi connectivity index (χ4n) is 4.81. The molecule has 0 amide bonds. The van der Waals surface area contributed by atoms with Gasteiger partial charge in [-0.15, -0.1) is 0 Å². The Balaban J connectivity index is 1.66. The zero-order valence-corrected chi connectivity index (χ0v) is 19.5. The van der Waals surface area contributed by atoms with Crippen molar-refractivity contribution in [2.45, 2.75) is 44.7 Å². The molecule has 9 heteroatoms. The first-order chi connectivity index (χ1) is 15.7. The van der Waals surface area contributed by atoms with E-state index in [0.29, 0.717) is 11.6 Å². The van der Waals surface area contributed by atoms with E-state index in [-0.39, 0.29) is 17.4 Å². The van der Waals surface area contributed by atoms with Crippen LogP contribution >= 0.6 is 15.9 Å². The lowest BCUT2D eigenvalue weighted by Crippen LogP contribution is -2.32. The number of hydrogen-bond acceptors (Lipinski definition) is 3. The fraction of sp³-hybridized carbons (Fsp3) is 0.375. The lowest BCUT2D eigenvalue weighted by atomic mass is 9.68. The first-order valence-corrected chi connectivity index (χ1v) is 11.7. The minimum absolute atomic E-state index is 0.0564. The van der Waals surface area contributed by atoms with Gasteiger partial charge in [0.05, 0.1) is 22.5 Å². The summed E-state index contributed by atoms with van der Waals surface area (Å²) < 4.78 is 43.6. The molecule has 0 bridgehead atoms. The molecule has 2 aromatic heterocycles. The summed E-state index contributed by atoms with van der Waals surface area (Å²) in [4.78, 5) is 13.1. The van der Waals surface area contributed by atoms with Crippen molar-refractivity contribution in [1.29, 1.82) is 0 Å². The Bertz CT molecular complexity index is 1330. The quantitative estimate of drug-likeness (QED) is 0.404. The fourth-order valence-corrected chi connectivity index (χ4v) is 5.31. The molecule has 3 aromatic rings. The maximum absolute atomic E-state index is 13.5. The minimum atomic E-state index is -4.56. The summed E-state index contributed by atoms with van der Waals surface area (Å²) in [5, 5.41) is 8.65. The van der Waals surface area contributed by atoms with Gasteiger partial charge in [-0.2, -0.15) is 23.4 Å². The van der Waals surface area contributed by atoms with Gasteiger partial charge in [-0.25, -0.2) is 4.79 Å². The maximum Gasteiger partial charge on any atom is 0.418 e. The summed E-state index contributed by atoms with van der Waals surface area (Å²) >= 11 is 3.55. The normalized spacial score (nSPS) is 20.0. The SMILES string of the molecule is CC1CC=NN=C1C(c1cc(Br)cc(-n2cc3c(C(F)(F)F)cccn3c2=O)c1)C1CCC1. The van der Waals surface area contributed by atoms with E-state index in [4.69, 9.17) is 0 Å². The topological polar surface area (TPSA) is 51.1 Å². The summed E-state index contributed by atoms with van der Waals surface area (Å²) in [6.45, 7) is 2.14. The number of aromatic nitrogens is 2. The molecule has 0 saturated heterocycles. The van der Waals surface area contributed by atoms with Crippen LogP contribution in [0.5, 0.6) is 0 Å². The average molecular weight is 519 g/mol. The Morgan fingerprint density at radius 1 is 1.21 bits per heavy atom. The van der Waals surface area contributed by atoms with Crippen LogP contribution in [0.25, 0.3) is 11.2 Å². The molecule has 0 radical (unpaired) electrons. The van der Waals surface area contributed by atoms with E-state index in [9.17, 15) is 18.0 Å². The smallest absolute Gasteiger partial charge is 0.267 e. The number of fused-ring (bicyclic) bond motifs is 1. The molecule has 5 rings (SSSR count). The average Bonchev–Trinajstić information content (AvgIpc) is 3.07. The molecule has 1 aromatic carbocycles. The van der Waals surface area contributed by atoms with E-state index >= 15 is 0 Å². The van der Waals surface area contributed by atoms with Crippen molar-refractivity contribution in [2.24, 2.45) is 22.0 Å². The number of imidazole rings is 1. The van der Waals surface area contributed by atoms with Crippen molar-refractivity contribution in [1.82, 2.24) is 8.97 Å². The lowest BCUT2D eigenvalue weighted by Gasteiger charge is -2.37. The van der Waals surface area contributed by atoms with Crippen LogP contribution in [0.1, 0.15) is 49.7 Å².